The number of hydrogen-bond acceptors (Lipinski definition) is 4. The Labute approximate surface area is 150 Å². The van der Waals surface area contributed by atoms with Gasteiger partial charge in [0.1, 0.15) is 0 Å². The molecular weight excluding hydrogens is 338 g/mol. The summed E-state index contributed by atoms with van der Waals surface area (Å²) in [5.41, 5.74) is 1.50. The molecule has 25 heavy (non-hydrogen) atoms. The second-order valence-corrected chi connectivity index (χ2v) is 9.44. The molecule has 0 spiro atoms. The van der Waals surface area contributed by atoms with E-state index in [1.54, 1.807) is 34.3 Å². The summed E-state index contributed by atoms with van der Waals surface area (Å²) in [6.45, 7) is 11.8. The Morgan fingerprint density at radius 1 is 1.16 bits per heavy atom. The number of nitrogens with zero attached hydrogens (tertiary/aromatic N) is 3. The molecule has 0 aliphatic carbocycles. The van der Waals surface area contributed by atoms with E-state index in [-0.39, 0.29) is 11.3 Å². The molecule has 0 unspecified atom stereocenters. The Morgan fingerprint density at radius 3 is 2.36 bits per heavy atom. The number of amides is 1. The maximum Gasteiger partial charge on any atom is 0.243 e. The maximum absolute atomic E-state index is 13.0. The summed E-state index contributed by atoms with van der Waals surface area (Å²) in [6.07, 6.45) is 0. The summed E-state index contributed by atoms with van der Waals surface area (Å²) < 4.78 is 27.6. The Balaban J connectivity index is 1.93. The maximum atomic E-state index is 13.0. The molecule has 0 saturated carbocycles. The summed E-state index contributed by atoms with van der Waals surface area (Å²) in [7, 11) is -3.50. The lowest BCUT2D eigenvalue weighted by molar-refractivity contribution is -0.116. The highest BCUT2D eigenvalue weighted by atomic mass is 32.2. The molecule has 6 nitrogen and oxygen atoms in total. The topological polar surface area (TPSA) is 60.9 Å². The summed E-state index contributed by atoms with van der Waals surface area (Å²) in [4.78, 5) is 16.2. The minimum absolute atomic E-state index is 0.0156. The van der Waals surface area contributed by atoms with Crippen molar-refractivity contribution in [1.29, 1.82) is 0 Å². The van der Waals surface area contributed by atoms with Crippen molar-refractivity contribution < 1.29 is 13.2 Å². The standard InChI is InChI=1S/C18H27N3O3S/c1-5-19-8-10-20(11-9-19)25(23,24)15-6-7-17-16(12-15)18(3,4)13-21(17)14(2)22/h6-7,12H,5,8-11,13H2,1-4H3. The van der Waals surface area contributed by atoms with Crippen molar-refractivity contribution >= 4 is 21.6 Å². The first-order valence-corrected chi connectivity index (χ1v) is 10.3. The Morgan fingerprint density at radius 2 is 1.80 bits per heavy atom. The molecule has 2 aliphatic heterocycles. The number of piperazine rings is 1. The van der Waals surface area contributed by atoms with Crippen LogP contribution in [0.25, 0.3) is 0 Å². The van der Waals surface area contributed by atoms with Crippen molar-refractivity contribution in [1.82, 2.24) is 9.21 Å². The molecule has 1 aromatic rings. The zero-order chi connectivity index (χ0) is 18.4. The highest BCUT2D eigenvalue weighted by Gasteiger charge is 2.38. The first-order chi connectivity index (χ1) is 11.7. The summed E-state index contributed by atoms with van der Waals surface area (Å²) in [5.74, 6) is -0.0156. The molecule has 0 N–H and O–H groups in total. The molecular formula is C18H27N3O3S. The number of sulfonamides is 1. The normalized spacial score (nSPS) is 21.4. The van der Waals surface area contributed by atoms with Gasteiger partial charge in [-0.2, -0.15) is 4.31 Å². The number of rotatable bonds is 3. The Kier molecular flexibility index (Phi) is 4.68. The zero-order valence-electron chi connectivity index (χ0n) is 15.4. The molecule has 1 aromatic carbocycles. The third kappa shape index (κ3) is 3.20. The van der Waals surface area contributed by atoms with Crippen molar-refractivity contribution in [2.24, 2.45) is 0 Å². The van der Waals surface area contributed by atoms with Crippen LogP contribution in [0.15, 0.2) is 23.1 Å². The van der Waals surface area contributed by atoms with E-state index in [4.69, 9.17) is 0 Å². The fraction of sp³-hybridized carbons (Fsp3) is 0.611. The van der Waals surface area contributed by atoms with Gasteiger partial charge in [0.25, 0.3) is 0 Å². The van der Waals surface area contributed by atoms with Gasteiger partial charge in [-0.1, -0.05) is 20.8 Å². The number of anilines is 1. The van der Waals surface area contributed by atoms with Crippen molar-refractivity contribution in [3.05, 3.63) is 23.8 Å². The van der Waals surface area contributed by atoms with E-state index in [1.807, 2.05) is 13.8 Å². The van der Waals surface area contributed by atoms with Gasteiger partial charge in [-0.15, -0.1) is 0 Å². The van der Waals surface area contributed by atoms with Crippen LogP contribution in [0.1, 0.15) is 33.3 Å². The van der Waals surface area contributed by atoms with Gasteiger partial charge in [-0.25, -0.2) is 8.42 Å². The smallest absolute Gasteiger partial charge is 0.243 e. The third-order valence-electron chi connectivity index (χ3n) is 5.34. The highest BCUT2D eigenvalue weighted by Crippen LogP contribution is 2.41. The van der Waals surface area contributed by atoms with Crippen LogP contribution in [-0.2, 0) is 20.2 Å². The molecule has 138 valence electrons. The van der Waals surface area contributed by atoms with Gasteiger partial charge in [0, 0.05) is 50.7 Å². The van der Waals surface area contributed by atoms with Crippen molar-refractivity contribution in [3.63, 3.8) is 0 Å². The van der Waals surface area contributed by atoms with E-state index >= 15 is 0 Å². The van der Waals surface area contributed by atoms with Crippen LogP contribution < -0.4 is 4.90 Å². The van der Waals surface area contributed by atoms with Gasteiger partial charge in [0.2, 0.25) is 15.9 Å². The fourth-order valence-electron chi connectivity index (χ4n) is 3.73. The Hall–Kier alpha value is -1.44. The lowest BCUT2D eigenvalue weighted by atomic mass is 9.87. The van der Waals surface area contributed by atoms with E-state index in [0.717, 1.165) is 30.9 Å². The SMILES string of the molecule is CCN1CCN(S(=O)(=O)c2ccc3c(c2)C(C)(C)CN3C(C)=O)CC1. The van der Waals surface area contributed by atoms with Gasteiger partial charge in [0.15, 0.2) is 0 Å². The van der Waals surface area contributed by atoms with Crippen LogP contribution in [0, 0.1) is 0 Å². The summed E-state index contributed by atoms with van der Waals surface area (Å²) in [6, 6.07) is 5.18. The molecule has 0 aromatic heterocycles. The number of likely N-dealkylation sites (N-methyl/N-ethyl adjacent to an activating group) is 1. The van der Waals surface area contributed by atoms with Crippen molar-refractivity contribution in [2.75, 3.05) is 44.2 Å². The van der Waals surface area contributed by atoms with Crippen LogP contribution in [-0.4, -0.2) is 62.8 Å². The molecule has 3 rings (SSSR count). The van der Waals surface area contributed by atoms with Crippen LogP contribution in [0.5, 0.6) is 0 Å². The summed E-state index contributed by atoms with van der Waals surface area (Å²) >= 11 is 0. The van der Waals surface area contributed by atoms with E-state index in [0.29, 0.717) is 24.5 Å². The van der Waals surface area contributed by atoms with Crippen LogP contribution >= 0.6 is 0 Å². The Bertz CT molecular complexity index is 781. The first kappa shape index (κ1) is 18.4. The lowest BCUT2D eigenvalue weighted by Gasteiger charge is -2.33. The summed E-state index contributed by atoms with van der Waals surface area (Å²) in [5, 5.41) is 0. The number of carbonyl (C=O) groups excluding carboxylic acids is 1. The number of fused-ring (bicyclic) bond motifs is 1. The molecule has 1 saturated heterocycles. The fourth-order valence-corrected chi connectivity index (χ4v) is 5.18. The number of hydrogen-bond donors (Lipinski definition) is 0. The monoisotopic (exact) mass is 365 g/mol. The molecule has 2 aliphatic rings. The predicted octanol–water partition coefficient (Wildman–Crippen LogP) is 1.66. The quantitative estimate of drug-likeness (QED) is 0.817. The molecule has 1 fully saturated rings. The average Bonchev–Trinajstić information content (AvgIpc) is 2.86. The minimum Gasteiger partial charge on any atom is -0.311 e. The number of benzene rings is 1. The number of carbonyl (C=O) groups is 1. The largest absolute Gasteiger partial charge is 0.311 e. The van der Waals surface area contributed by atoms with Gasteiger partial charge < -0.3 is 9.80 Å². The van der Waals surface area contributed by atoms with Gasteiger partial charge >= 0.3 is 0 Å². The van der Waals surface area contributed by atoms with Gasteiger partial charge in [-0.3, -0.25) is 4.79 Å². The second-order valence-electron chi connectivity index (χ2n) is 7.51. The van der Waals surface area contributed by atoms with Crippen molar-refractivity contribution in [3.8, 4) is 0 Å². The van der Waals surface area contributed by atoms with E-state index in [9.17, 15) is 13.2 Å². The first-order valence-electron chi connectivity index (χ1n) is 8.82. The molecule has 7 heteroatoms. The van der Waals surface area contributed by atoms with E-state index < -0.39 is 10.0 Å². The minimum atomic E-state index is -3.50. The molecule has 0 radical (unpaired) electrons. The van der Waals surface area contributed by atoms with Gasteiger partial charge in [-0.05, 0) is 30.3 Å². The molecule has 1 amide bonds. The van der Waals surface area contributed by atoms with Crippen LogP contribution in [0.3, 0.4) is 0 Å². The van der Waals surface area contributed by atoms with Crippen LogP contribution in [0.4, 0.5) is 5.69 Å². The molecule has 0 bridgehead atoms. The van der Waals surface area contributed by atoms with Crippen LogP contribution in [0.2, 0.25) is 0 Å². The van der Waals surface area contributed by atoms with E-state index in [2.05, 4.69) is 11.8 Å². The predicted molar refractivity (Wildman–Crippen MR) is 98.4 cm³/mol. The van der Waals surface area contributed by atoms with Gasteiger partial charge in [0.05, 0.1) is 4.90 Å². The third-order valence-corrected chi connectivity index (χ3v) is 7.23. The highest BCUT2D eigenvalue weighted by molar-refractivity contribution is 7.89. The molecule has 0 atom stereocenters. The zero-order valence-corrected chi connectivity index (χ0v) is 16.3. The average molecular weight is 365 g/mol. The van der Waals surface area contributed by atoms with E-state index in [1.165, 1.54) is 0 Å². The van der Waals surface area contributed by atoms with Crippen molar-refractivity contribution in [2.45, 2.75) is 38.0 Å². The lowest BCUT2D eigenvalue weighted by Crippen LogP contribution is -2.48. The molecule has 2 heterocycles. The second kappa shape index (κ2) is 6.37.